The largest absolute Gasteiger partial charge is 0.481 e. The van der Waals surface area contributed by atoms with Crippen molar-refractivity contribution in [3.05, 3.63) is 23.9 Å². The van der Waals surface area contributed by atoms with Crippen LogP contribution in [0.1, 0.15) is 39.2 Å². The molecule has 0 aliphatic carbocycles. The smallest absolute Gasteiger partial charge is 0.212 e. The van der Waals surface area contributed by atoms with Crippen LogP contribution >= 0.6 is 24.0 Å². The minimum absolute atomic E-state index is 0. The quantitative estimate of drug-likeness (QED) is 0.388. The van der Waals surface area contributed by atoms with Crippen molar-refractivity contribution in [1.29, 1.82) is 0 Å². The normalized spacial score (nSPS) is 20.9. The summed E-state index contributed by atoms with van der Waals surface area (Å²) in [5, 5.41) is 6.78. The lowest BCUT2D eigenvalue weighted by Crippen LogP contribution is -2.47. The first-order chi connectivity index (χ1) is 11.9. The van der Waals surface area contributed by atoms with Crippen molar-refractivity contribution in [3.63, 3.8) is 0 Å². The number of aliphatic imine (C=N–C) groups is 1. The summed E-state index contributed by atoms with van der Waals surface area (Å²) >= 11 is 0. The zero-order valence-electron chi connectivity index (χ0n) is 16.5. The Morgan fingerprint density at radius 2 is 2.12 bits per heavy atom. The van der Waals surface area contributed by atoms with Crippen molar-refractivity contribution < 1.29 is 9.47 Å². The number of ether oxygens (including phenoxy) is 2. The van der Waals surface area contributed by atoms with Crippen LogP contribution < -0.4 is 15.4 Å². The van der Waals surface area contributed by atoms with E-state index in [0.717, 1.165) is 31.1 Å². The molecule has 1 aliphatic rings. The van der Waals surface area contributed by atoms with E-state index in [2.05, 4.69) is 41.4 Å². The molecule has 2 N–H and O–H groups in total. The number of aromatic nitrogens is 1. The van der Waals surface area contributed by atoms with Gasteiger partial charge in [-0.3, -0.25) is 4.99 Å². The number of pyridine rings is 1. The second kappa shape index (κ2) is 10.9. The van der Waals surface area contributed by atoms with Gasteiger partial charge in [0.25, 0.3) is 0 Å². The molecule has 1 aromatic heterocycles. The first kappa shape index (κ1) is 23.0. The van der Waals surface area contributed by atoms with Gasteiger partial charge in [-0.25, -0.2) is 4.98 Å². The molecule has 1 aromatic rings. The fourth-order valence-electron chi connectivity index (χ4n) is 3.28. The van der Waals surface area contributed by atoms with Crippen LogP contribution in [-0.4, -0.2) is 44.4 Å². The van der Waals surface area contributed by atoms with Gasteiger partial charge in [0, 0.05) is 44.9 Å². The van der Waals surface area contributed by atoms with Crippen LogP contribution in [0, 0.1) is 11.3 Å². The summed E-state index contributed by atoms with van der Waals surface area (Å²) in [6.45, 7) is 9.15. The minimum atomic E-state index is 0. The summed E-state index contributed by atoms with van der Waals surface area (Å²) in [4.78, 5) is 8.54. The molecule has 2 heterocycles. The van der Waals surface area contributed by atoms with Crippen LogP contribution in [0.2, 0.25) is 0 Å². The summed E-state index contributed by atoms with van der Waals surface area (Å²) in [6.07, 6.45) is 4.40. The first-order valence-electron chi connectivity index (χ1n) is 8.99. The number of nitrogens with one attached hydrogen (secondary N) is 2. The van der Waals surface area contributed by atoms with E-state index in [1.165, 1.54) is 6.42 Å². The van der Waals surface area contributed by atoms with Gasteiger partial charge in [-0.2, -0.15) is 0 Å². The molecular formula is C19H33IN4O2. The van der Waals surface area contributed by atoms with Gasteiger partial charge in [0.2, 0.25) is 5.88 Å². The average Bonchev–Trinajstić information content (AvgIpc) is 2.62. The molecule has 0 spiro atoms. The van der Waals surface area contributed by atoms with E-state index >= 15 is 0 Å². The number of methoxy groups -OCH3 is 1. The van der Waals surface area contributed by atoms with E-state index < -0.39 is 0 Å². The van der Waals surface area contributed by atoms with Crippen LogP contribution in [0.15, 0.2) is 23.3 Å². The number of hydrogen-bond acceptors (Lipinski definition) is 4. The Morgan fingerprint density at radius 3 is 2.69 bits per heavy atom. The SMILES string of the molecule is CN=C(NCc1ccc(OC)nc1)NCC1CCCOC1C(C)(C)C.I. The number of hydrogen-bond donors (Lipinski definition) is 2. The summed E-state index contributed by atoms with van der Waals surface area (Å²) in [5.41, 5.74) is 1.23. The predicted octanol–water partition coefficient (Wildman–Crippen LogP) is 3.21. The number of nitrogens with zero attached hydrogens (tertiary/aromatic N) is 2. The van der Waals surface area contributed by atoms with Gasteiger partial charge in [-0.05, 0) is 23.8 Å². The molecule has 2 rings (SSSR count). The van der Waals surface area contributed by atoms with Crippen LogP contribution in [0.3, 0.4) is 0 Å². The summed E-state index contributed by atoms with van der Waals surface area (Å²) in [6, 6.07) is 3.86. The molecule has 2 atom stereocenters. The third-order valence-corrected chi connectivity index (χ3v) is 4.52. The number of halogens is 1. The fraction of sp³-hybridized carbons (Fsp3) is 0.684. The van der Waals surface area contributed by atoms with E-state index in [1.54, 1.807) is 14.2 Å². The van der Waals surface area contributed by atoms with Gasteiger partial charge in [0.1, 0.15) is 0 Å². The third-order valence-electron chi connectivity index (χ3n) is 4.52. The van der Waals surface area contributed by atoms with Crippen molar-refractivity contribution in [2.24, 2.45) is 16.3 Å². The highest BCUT2D eigenvalue weighted by Gasteiger charge is 2.35. The molecule has 1 aliphatic heterocycles. The van der Waals surface area contributed by atoms with E-state index in [4.69, 9.17) is 9.47 Å². The van der Waals surface area contributed by atoms with Crippen molar-refractivity contribution in [3.8, 4) is 5.88 Å². The summed E-state index contributed by atoms with van der Waals surface area (Å²) in [7, 11) is 3.41. The minimum Gasteiger partial charge on any atom is -0.481 e. The Kier molecular flexibility index (Phi) is 9.63. The van der Waals surface area contributed by atoms with E-state index in [1.807, 2.05) is 18.3 Å². The molecule has 6 nitrogen and oxygen atoms in total. The Morgan fingerprint density at radius 1 is 1.35 bits per heavy atom. The fourth-order valence-corrected chi connectivity index (χ4v) is 3.28. The maximum Gasteiger partial charge on any atom is 0.212 e. The van der Waals surface area contributed by atoms with E-state index in [0.29, 0.717) is 18.3 Å². The highest BCUT2D eigenvalue weighted by Crippen LogP contribution is 2.33. The maximum atomic E-state index is 6.05. The molecule has 2 unspecified atom stereocenters. The lowest BCUT2D eigenvalue weighted by Gasteiger charge is -2.40. The zero-order chi connectivity index (χ0) is 18.3. The topological polar surface area (TPSA) is 67.8 Å². The van der Waals surface area contributed by atoms with Crippen molar-refractivity contribution in [2.45, 2.75) is 46.3 Å². The average molecular weight is 476 g/mol. The van der Waals surface area contributed by atoms with Gasteiger partial charge in [-0.15, -0.1) is 24.0 Å². The van der Waals surface area contributed by atoms with E-state index in [-0.39, 0.29) is 35.5 Å². The van der Waals surface area contributed by atoms with Crippen LogP contribution in [0.5, 0.6) is 5.88 Å². The molecule has 0 saturated carbocycles. The Labute approximate surface area is 174 Å². The molecule has 0 aromatic carbocycles. The van der Waals surface area contributed by atoms with Crippen LogP contribution in [0.4, 0.5) is 0 Å². The third kappa shape index (κ3) is 6.90. The van der Waals surface area contributed by atoms with Gasteiger partial charge >= 0.3 is 0 Å². The molecule has 0 bridgehead atoms. The van der Waals surface area contributed by atoms with Crippen molar-refractivity contribution in [2.75, 3.05) is 27.3 Å². The van der Waals surface area contributed by atoms with Gasteiger partial charge < -0.3 is 20.1 Å². The standard InChI is InChI=1S/C19H32N4O2.HI/c1-19(2,3)17-15(7-6-10-25-17)13-23-18(20-4)22-12-14-8-9-16(24-5)21-11-14;/h8-9,11,15,17H,6-7,10,12-13H2,1-5H3,(H2,20,22,23);1H. The van der Waals surface area contributed by atoms with E-state index in [9.17, 15) is 0 Å². The van der Waals surface area contributed by atoms with Crippen molar-refractivity contribution >= 4 is 29.9 Å². The monoisotopic (exact) mass is 476 g/mol. The predicted molar refractivity (Wildman–Crippen MR) is 116 cm³/mol. The Bertz CT molecular complexity index is 558. The van der Waals surface area contributed by atoms with Crippen LogP contribution in [-0.2, 0) is 11.3 Å². The molecule has 0 radical (unpaired) electrons. The molecule has 7 heteroatoms. The van der Waals surface area contributed by atoms with Crippen molar-refractivity contribution in [1.82, 2.24) is 15.6 Å². The lowest BCUT2D eigenvalue weighted by molar-refractivity contribution is -0.0835. The Balaban J connectivity index is 0.00000338. The van der Waals surface area contributed by atoms with Gasteiger partial charge in [-0.1, -0.05) is 26.8 Å². The molecule has 1 fully saturated rings. The second-order valence-corrected chi connectivity index (χ2v) is 7.58. The molecular weight excluding hydrogens is 443 g/mol. The molecule has 0 amide bonds. The molecule has 1 saturated heterocycles. The Hall–Kier alpha value is -1.09. The summed E-state index contributed by atoms with van der Waals surface area (Å²) in [5.74, 6) is 1.92. The second-order valence-electron chi connectivity index (χ2n) is 7.58. The number of rotatable bonds is 5. The highest BCUT2D eigenvalue weighted by atomic mass is 127. The van der Waals surface area contributed by atoms with Gasteiger partial charge in [0.05, 0.1) is 13.2 Å². The highest BCUT2D eigenvalue weighted by molar-refractivity contribution is 14.0. The first-order valence-corrected chi connectivity index (χ1v) is 8.99. The van der Waals surface area contributed by atoms with Crippen LogP contribution in [0.25, 0.3) is 0 Å². The maximum absolute atomic E-state index is 6.05. The number of guanidine groups is 1. The summed E-state index contributed by atoms with van der Waals surface area (Å²) < 4.78 is 11.1. The lowest BCUT2D eigenvalue weighted by atomic mass is 9.78. The molecule has 26 heavy (non-hydrogen) atoms. The van der Waals surface area contributed by atoms with Gasteiger partial charge in [0.15, 0.2) is 5.96 Å². The molecule has 148 valence electrons. The zero-order valence-corrected chi connectivity index (χ0v) is 18.9.